The molecular formula is C15H23NO2S. The molecule has 1 fully saturated rings. The van der Waals surface area contributed by atoms with Gasteiger partial charge in [-0.1, -0.05) is 26.8 Å². The molecule has 1 N–H and O–H groups in total. The van der Waals surface area contributed by atoms with Gasteiger partial charge in [-0.25, -0.2) is 0 Å². The Hall–Kier alpha value is -0.870. The molecule has 0 bridgehead atoms. The summed E-state index contributed by atoms with van der Waals surface area (Å²) in [5.74, 6) is -0.239. The lowest BCUT2D eigenvalue weighted by Crippen LogP contribution is -2.52. The molecule has 1 aliphatic heterocycles. The van der Waals surface area contributed by atoms with Gasteiger partial charge in [0.05, 0.1) is 0 Å². The average Bonchev–Trinajstić information content (AvgIpc) is 2.99. The van der Waals surface area contributed by atoms with E-state index in [1.54, 1.807) is 11.3 Å². The van der Waals surface area contributed by atoms with E-state index in [0.717, 1.165) is 19.4 Å². The van der Waals surface area contributed by atoms with Crippen LogP contribution in [0.4, 0.5) is 0 Å². The largest absolute Gasteiger partial charge is 0.480 e. The van der Waals surface area contributed by atoms with Crippen LogP contribution < -0.4 is 0 Å². The zero-order valence-corrected chi connectivity index (χ0v) is 12.7. The first-order valence-electron chi connectivity index (χ1n) is 7.06. The molecule has 0 aromatic carbocycles. The minimum absolute atomic E-state index is 0.221. The molecule has 0 aliphatic carbocycles. The number of hydrogen-bond donors (Lipinski definition) is 1. The summed E-state index contributed by atoms with van der Waals surface area (Å²) in [6, 6.07) is 4.41. The summed E-state index contributed by atoms with van der Waals surface area (Å²) in [5.41, 5.74) is -0.668. The van der Waals surface area contributed by atoms with Crippen molar-refractivity contribution in [3.8, 4) is 0 Å². The lowest BCUT2D eigenvalue weighted by atomic mass is 9.89. The summed E-state index contributed by atoms with van der Waals surface area (Å²) < 4.78 is 0. The third-order valence-corrected chi connectivity index (χ3v) is 5.27. The predicted molar refractivity (Wildman–Crippen MR) is 78.5 cm³/mol. The molecule has 1 aromatic heterocycles. The van der Waals surface area contributed by atoms with Crippen molar-refractivity contribution >= 4 is 17.3 Å². The number of likely N-dealkylation sites (tertiary alicyclic amines) is 1. The molecule has 2 heterocycles. The molecular weight excluding hydrogens is 258 g/mol. The highest BCUT2D eigenvalue weighted by Crippen LogP contribution is 2.43. The number of aliphatic carboxylic acids is 1. The molecule has 0 saturated carbocycles. The van der Waals surface area contributed by atoms with Crippen molar-refractivity contribution < 1.29 is 9.90 Å². The first kappa shape index (κ1) is 14.5. The van der Waals surface area contributed by atoms with E-state index in [4.69, 9.17) is 0 Å². The maximum absolute atomic E-state index is 11.8. The molecule has 0 radical (unpaired) electrons. The van der Waals surface area contributed by atoms with Gasteiger partial charge < -0.3 is 5.11 Å². The van der Waals surface area contributed by atoms with E-state index < -0.39 is 11.5 Å². The Morgan fingerprint density at radius 1 is 1.58 bits per heavy atom. The van der Waals surface area contributed by atoms with Gasteiger partial charge in [0.15, 0.2) is 0 Å². The van der Waals surface area contributed by atoms with Gasteiger partial charge in [-0.05, 0) is 43.2 Å². The lowest BCUT2D eigenvalue weighted by molar-refractivity contribution is -0.152. The van der Waals surface area contributed by atoms with Gasteiger partial charge in [-0.3, -0.25) is 9.69 Å². The van der Waals surface area contributed by atoms with Gasteiger partial charge in [0, 0.05) is 10.9 Å². The Labute approximate surface area is 119 Å². The van der Waals surface area contributed by atoms with Gasteiger partial charge in [0.25, 0.3) is 0 Å². The van der Waals surface area contributed by atoms with Crippen LogP contribution in [0.25, 0.3) is 0 Å². The van der Waals surface area contributed by atoms with E-state index in [1.165, 1.54) is 4.88 Å². The van der Waals surface area contributed by atoms with Crippen molar-refractivity contribution in [1.29, 1.82) is 0 Å². The van der Waals surface area contributed by atoms with E-state index in [2.05, 4.69) is 36.3 Å². The summed E-state index contributed by atoms with van der Waals surface area (Å²) >= 11 is 1.73. The molecule has 19 heavy (non-hydrogen) atoms. The SMILES string of the molecule is CCC1(C(=O)O)CCCN1C(c1cccs1)C(C)C. The first-order chi connectivity index (χ1) is 9.03. The number of nitrogens with zero attached hydrogens (tertiary/aromatic N) is 1. The normalized spacial score (nSPS) is 25.9. The van der Waals surface area contributed by atoms with Crippen molar-refractivity contribution in [2.75, 3.05) is 6.54 Å². The van der Waals surface area contributed by atoms with E-state index in [9.17, 15) is 9.90 Å². The fraction of sp³-hybridized carbons (Fsp3) is 0.667. The molecule has 0 amide bonds. The molecule has 4 heteroatoms. The monoisotopic (exact) mass is 281 g/mol. The third kappa shape index (κ3) is 2.43. The van der Waals surface area contributed by atoms with Crippen molar-refractivity contribution in [3.63, 3.8) is 0 Å². The Bertz CT molecular complexity index is 429. The highest BCUT2D eigenvalue weighted by Gasteiger charge is 2.49. The van der Waals surface area contributed by atoms with E-state index in [0.29, 0.717) is 12.3 Å². The van der Waals surface area contributed by atoms with E-state index in [1.807, 2.05) is 6.92 Å². The van der Waals surface area contributed by atoms with Gasteiger partial charge in [0.2, 0.25) is 0 Å². The van der Waals surface area contributed by atoms with Crippen LogP contribution in [0.15, 0.2) is 17.5 Å². The maximum atomic E-state index is 11.8. The summed E-state index contributed by atoms with van der Waals surface area (Å²) in [5, 5.41) is 11.8. The highest BCUT2D eigenvalue weighted by atomic mass is 32.1. The molecule has 106 valence electrons. The lowest BCUT2D eigenvalue weighted by Gasteiger charge is -2.41. The topological polar surface area (TPSA) is 40.5 Å². The molecule has 1 aromatic rings. The fourth-order valence-electron chi connectivity index (χ4n) is 3.37. The molecule has 1 saturated heterocycles. The second-order valence-corrected chi connectivity index (χ2v) is 6.67. The van der Waals surface area contributed by atoms with Crippen LogP contribution in [0.1, 0.15) is 51.0 Å². The first-order valence-corrected chi connectivity index (χ1v) is 7.94. The Balaban J connectivity index is 2.39. The van der Waals surface area contributed by atoms with Crippen LogP contribution >= 0.6 is 11.3 Å². The Morgan fingerprint density at radius 2 is 2.32 bits per heavy atom. The van der Waals surface area contributed by atoms with Crippen LogP contribution in [-0.2, 0) is 4.79 Å². The minimum atomic E-state index is -0.668. The van der Waals surface area contributed by atoms with Crippen molar-refractivity contribution in [2.24, 2.45) is 5.92 Å². The van der Waals surface area contributed by atoms with Crippen molar-refractivity contribution in [3.05, 3.63) is 22.4 Å². The molecule has 2 atom stereocenters. The summed E-state index contributed by atoms with van der Waals surface area (Å²) in [7, 11) is 0. The van der Waals surface area contributed by atoms with Gasteiger partial charge in [0.1, 0.15) is 5.54 Å². The number of carboxylic acid groups (broad SMARTS) is 1. The number of hydrogen-bond acceptors (Lipinski definition) is 3. The number of thiophene rings is 1. The quantitative estimate of drug-likeness (QED) is 0.893. The summed E-state index contributed by atoms with van der Waals surface area (Å²) in [6.07, 6.45) is 2.43. The second-order valence-electron chi connectivity index (χ2n) is 5.69. The standard InChI is InChI=1S/C15H23NO2S/c1-4-15(14(17)18)8-6-9-16(15)13(11(2)3)12-7-5-10-19-12/h5,7,10-11,13H,4,6,8-9H2,1-3H3,(H,17,18). The minimum Gasteiger partial charge on any atom is -0.480 e. The maximum Gasteiger partial charge on any atom is 0.324 e. The number of carbonyl (C=O) groups is 1. The molecule has 1 aliphatic rings. The van der Waals surface area contributed by atoms with Gasteiger partial charge in [-0.15, -0.1) is 11.3 Å². The summed E-state index contributed by atoms with van der Waals surface area (Å²) in [6.45, 7) is 7.26. The zero-order chi connectivity index (χ0) is 14.0. The number of carboxylic acids is 1. The van der Waals surface area contributed by atoms with Crippen LogP contribution in [0.5, 0.6) is 0 Å². The van der Waals surface area contributed by atoms with E-state index >= 15 is 0 Å². The second kappa shape index (κ2) is 5.63. The fourth-order valence-corrected chi connectivity index (χ4v) is 4.38. The highest BCUT2D eigenvalue weighted by molar-refractivity contribution is 7.10. The van der Waals surface area contributed by atoms with Gasteiger partial charge in [-0.2, -0.15) is 0 Å². The molecule has 0 spiro atoms. The smallest absolute Gasteiger partial charge is 0.324 e. The van der Waals surface area contributed by atoms with Crippen molar-refractivity contribution in [2.45, 2.75) is 51.6 Å². The van der Waals surface area contributed by atoms with Gasteiger partial charge >= 0.3 is 5.97 Å². The van der Waals surface area contributed by atoms with E-state index in [-0.39, 0.29) is 6.04 Å². The van der Waals surface area contributed by atoms with Crippen molar-refractivity contribution in [1.82, 2.24) is 4.90 Å². The Kier molecular flexibility index (Phi) is 4.31. The average molecular weight is 281 g/mol. The van der Waals surface area contributed by atoms with Crippen LogP contribution in [0, 0.1) is 5.92 Å². The van der Waals surface area contributed by atoms with Crippen LogP contribution in [-0.4, -0.2) is 28.1 Å². The third-order valence-electron chi connectivity index (χ3n) is 4.32. The Morgan fingerprint density at radius 3 is 2.79 bits per heavy atom. The molecule has 2 unspecified atom stereocenters. The summed E-state index contributed by atoms with van der Waals surface area (Å²) in [4.78, 5) is 15.4. The predicted octanol–water partition coefficient (Wildman–Crippen LogP) is 3.77. The molecule has 2 rings (SSSR count). The molecule has 3 nitrogen and oxygen atoms in total. The zero-order valence-electron chi connectivity index (χ0n) is 11.9. The van der Waals surface area contributed by atoms with Crippen LogP contribution in [0.2, 0.25) is 0 Å². The van der Waals surface area contributed by atoms with Crippen LogP contribution in [0.3, 0.4) is 0 Å². The number of rotatable bonds is 5.